The number of halogens is 1. The monoisotopic (exact) mass is 318 g/mol. The SMILES string of the molecule is COCc1cc(/C(C)=N\Nc2ccc(Cl)cc2)ccc1OC. The minimum absolute atomic E-state index is 0.495. The summed E-state index contributed by atoms with van der Waals surface area (Å²) in [5.74, 6) is 0.809. The smallest absolute Gasteiger partial charge is 0.124 e. The van der Waals surface area contributed by atoms with Gasteiger partial charge in [0.15, 0.2) is 0 Å². The van der Waals surface area contributed by atoms with Crippen molar-refractivity contribution >= 4 is 23.0 Å². The molecule has 0 amide bonds. The molecule has 0 saturated carbocycles. The number of ether oxygens (including phenoxy) is 2. The van der Waals surface area contributed by atoms with Crippen LogP contribution in [-0.4, -0.2) is 19.9 Å². The highest BCUT2D eigenvalue weighted by Crippen LogP contribution is 2.21. The van der Waals surface area contributed by atoms with E-state index in [1.807, 2.05) is 49.4 Å². The van der Waals surface area contributed by atoms with E-state index >= 15 is 0 Å². The zero-order chi connectivity index (χ0) is 15.9. The molecule has 116 valence electrons. The molecule has 4 nitrogen and oxygen atoms in total. The summed E-state index contributed by atoms with van der Waals surface area (Å²) < 4.78 is 10.5. The van der Waals surface area contributed by atoms with Crippen LogP contribution in [0.1, 0.15) is 18.1 Å². The third-order valence-electron chi connectivity index (χ3n) is 3.19. The van der Waals surface area contributed by atoms with Crippen molar-refractivity contribution in [2.75, 3.05) is 19.6 Å². The average Bonchev–Trinajstić information content (AvgIpc) is 2.54. The molecule has 0 fully saturated rings. The zero-order valence-electron chi connectivity index (χ0n) is 12.9. The lowest BCUT2D eigenvalue weighted by atomic mass is 10.1. The average molecular weight is 319 g/mol. The molecule has 5 heteroatoms. The fraction of sp³-hybridized carbons (Fsp3) is 0.235. The maximum Gasteiger partial charge on any atom is 0.124 e. The summed E-state index contributed by atoms with van der Waals surface area (Å²) in [6, 6.07) is 13.3. The molecule has 0 unspecified atom stereocenters. The molecule has 1 N–H and O–H groups in total. The Hall–Kier alpha value is -2.04. The highest BCUT2D eigenvalue weighted by molar-refractivity contribution is 6.30. The largest absolute Gasteiger partial charge is 0.496 e. The summed E-state index contributed by atoms with van der Waals surface area (Å²) in [5.41, 5.74) is 6.77. The second-order valence-electron chi connectivity index (χ2n) is 4.78. The molecule has 0 bridgehead atoms. The van der Waals surface area contributed by atoms with E-state index in [0.29, 0.717) is 11.6 Å². The van der Waals surface area contributed by atoms with Crippen LogP contribution in [0.15, 0.2) is 47.6 Å². The van der Waals surface area contributed by atoms with Crippen LogP contribution >= 0.6 is 11.6 Å². The molecule has 0 atom stereocenters. The molecule has 22 heavy (non-hydrogen) atoms. The van der Waals surface area contributed by atoms with Gasteiger partial charge in [-0.2, -0.15) is 5.10 Å². The van der Waals surface area contributed by atoms with E-state index in [-0.39, 0.29) is 0 Å². The standard InChI is InChI=1S/C17H19ClN2O2/c1-12(19-20-16-7-5-15(18)6-8-16)13-4-9-17(22-3)14(10-13)11-21-2/h4-10,20H,11H2,1-3H3/b19-12-. The highest BCUT2D eigenvalue weighted by atomic mass is 35.5. The van der Waals surface area contributed by atoms with E-state index in [1.54, 1.807) is 14.2 Å². The summed E-state index contributed by atoms with van der Waals surface area (Å²) in [6.45, 7) is 2.44. The van der Waals surface area contributed by atoms with Gasteiger partial charge < -0.3 is 9.47 Å². The van der Waals surface area contributed by atoms with Crippen LogP contribution < -0.4 is 10.2 Å². The van der Waals surface area contributed by atoms with E-state index < -0.39 is 0 Å². The minimum Gasteiger partial charge on any atom is -0.496 e. The van der Waals surface area contributed by atoms with Gasteiger partial charge in [0.2, 0.25) is 0 Å². The predicted molar refractivity (Wildman–Crippen MR) is 91.0 cm³/mol. The molecule has 0 aliphatic heterocycles. The number of hydrogen-bond donors (Lipinski definition) is 1. The van der Waals surface area contributed by atoms with E-state index in [1.165, 1.54) is 0 Å². The number of methoxy groups -OCH3 is 2. The first kappa shape index (κ1) is 16.3. The van der Waals surface area contributed by atoms with Crippen molar-refractivity contribution in [2.45, 2.75) is 13.5 Å². The number of hydrogen-bond acceptors (Lipinski definition) is 4. The molecule has 0 aliphatic rings. The predicted octanol–water partition coefficient (Wildman–Crippen LogP) is 4.33. The number of hydrazone groups is 1. The van der Waals surface area contributed by atoms with E-state index in [2.05, 4.69) is 10.5 Å². The quantitative estimate of drug-likeness (QED) is 0.636. The Balaban J connectivity index is 2.17. The van der Waals surface area contributed by atoms with E-state index in [0.717, 1.165) is 28.3 Å². The molecule has 0 aromatic heterocycles. The second-order valence-corrected chi connectivity index (χ2v) is 5.21. The fourth-order valence-electron chi connectivity index (χ4n) is 2.01. The van der Waals surface area contributed by atoms with Crippen LogP contribution in [0.4, 0.5) is 5.69 Å². The first-order chi connectivity index (χ1) is 10.6. The Morgan fingerprint density at radius 2 is 1.86 bits per heavy atom. The van der Waals surface area contributed by atoms with Gasteiger partial charge in [-0.3, -0.25) is 5.43 Å². The first-order valence-electron chi connectivity index (χ1n) is 6.86. The van der Waals surface area contributed by atoms with E-state index in [9.17, 15) is 0 Å². The van der Waals surface area contributed by atoms with Gasteiger partial charge in [0.25, 0.3) is 0 Å². The van der Waals surface area contributed by atoms with Crippen LogP contribution in [0, 0.1) is 0 Å². The fourth-order valence-corrected chi connectivity index (χ4v) is 2.14. The third kappa shape index (κ3) is 4.23. The number of anilines is 1. The highest BCUT2D eigenvalue weighted by Gasteiger charge is 2.06. The molecule has 0 radical (unpaired) electrons. The lowest BCUT2D eigenvalue weighted by Gasteiger charge is -2.10. The lowest BCUT2D eigenvalue weighted by molar-refractivity contribution is 0.181. The summed E-state index contributed by atoms with van der Waals surface area (Å²) in [4.78, 5) is 0. The van der Waals surface area contributed by atoms with Crippen LogP contribution in [0.3, 0.4) is 0 Å². The summed E-state index contributed by atoms with van der Waals surface area (Å²) in [6.07, 6.45) is 0. The minimum atomic E-state index is 0.495. The number of nitrogens with zero attached hydrogens (tertiary/aromatic N) is 1. The maximum atomic E-state index is 5.86. The maximum absolute atomic E-state index is 5.86. The second kappa shape index (κ2) is 7.82. The van der Waals surface area contributed by atoms with Crippen molar-refractivity contribution in [3.8, 4) is 5.75 Å². The summed E-state index contributed by atoms with van der Waals surface area (Å²) in [7, 11) is 3.31. The summed E-state index contributed by atoms with van der Waals surface area (Å²) >= 11 is 5.86. The molecule has 2 aromatic carbocycles. The van der Waals surface area contributed by atoms with Gasteiger partial charge >= 0.3 is 0 Å². The van der Waals surface area contributed by atoms with Crippen molar-refractivity contribution < 1.29 is 9.47 Å². The normalized spacial score (nSPS) is 11.4. The van der Waals surface area contributed by atoms with Gasteiger partial charge in [-0.05, 0) is 55.0 Å². The zero-order valence-corrected chi connectivity index (χ0v) is 13.6. The van der Waals surface area contributed by atoms with Crippen molar-refractivity contribution in [3.05, 3.63) is 58.6 Å². The molecule has 0 aliphatic carbocycles. The number of benzene rings is 2. The number of nitrogens with one attached hydrogen (secondary N) is 1. The lowest BCUT2D eigenvalue weighted by Crippen LogP contribution is -2.02. The van der Waals surface area contributed by atoms with Gasteiger partial charge in [-0.25, -0.2) is 0 Å². The number of rotatable bonds is 6. The first-order valence-corrected chi connectivity index (χ1v) is 7.24. The van der Waals surface area contributed by atoms with Crippen LogP contribution in [0.2, 0.25) is 5.02 Å². The van der Waals surface area contributed by atoms with Crippen molar-refractivity contribution in [3.63, 3.8) is 0 Å². The molecule has 2 rings (SSSR count). The van der Waals surface area contributed by atoms with Gasteiger partial charge in [-0.15, -0.1) is 0 Å². The molecular weight excluding hydrogens is 300 g/mol. The van der Waals surface area contributed by atoms with Gasteiger partial charge in [0.05, 0.1) is 25.1 Å². The van der Waals surface area contributed by atoms with Crippen LogP contribution in [0.25, 0.3) is 0 Å². The Morgan fingerprint density at radius 1 is 1.14 bits per heavy atom. The van der Waals surface area contributed by atoms with Crippen molar-refractivity contribution in [2.24, 2.45) is 5.10 Å². The van der Waals surface area contributed by atoms with Crippen molar-refractivity contribution in [1.82, 2.24) is 0 Å². The van der Waals surface area contributed by atoms with Gasteiger partial charge in [0, 0.05) is 17.7 Å². The molecule has 0 spiro atoms. The Bertz CT molecular complexity index is 654. The van der Waals surface area contributed by atoms with Crippen molar-refractivity contribution in [1.29, 1.82) is 0 Å². The summed E-state index contributed by atoms with van der Waals surface area (Å²) in [5, 5.41) is 5.09. The Morgan fingerprint density at radius 3 is 2.50 bits per heavy atom. The van der Waals surface area contributed by atoms with Crippen LogP contribution in [-0.2, 0) is 11.3 Å². The molecule has 0 saturated heterocycles. The van der Waals surface area contributed by atoms with E-state index in [4.69, 9.17) is 21.1 Å². The molecule has 2 aromatic rings. The van der Waals surface area contributed by atoms with Gasteiger partial charge in [-0.1, -0.05) is 11.6 Å². The molecular formula is C17H19ClN2O2. The van der Waals surface area contributed by atoms with Crippen LogP contribution in [0.5, 0.6) is 5.75 Å². The third-order valence-corrected chi connectivity index (χ3v) is 3.45. The Kier molecular flexibility index (Phi) is 5.81. The molecule has 0 heterocycles. The topological polar surface area (TPSA) is 42.8 Å². The Labute approximate surface area is 135 Å². The van der Waals surface area contributed by atoms with Gasteiger partial charge in [0.1, 0.15) is 5.75 Å².